The molecule has 0 saturated heterocycles. The van der Waals surface area contributed by atoms with Gasteiger partial charge in [0.2, 0.25) is 0 Å². The Morgan fingerprint density at radius 1 is 1.14 bits per heavy atom. The van der Waals surface area contributed by atoms with Crippen molar-refractivity contribution in [2.24, 2.45) is 0 Å². The minimum atomic E-state index is -5.08. The number of carbonyl (C=O) groups is 2. The monoisotopic (exact) mass is 491 g/mol. The molecule has 0 fully saturated rings. The Kier molecular flexibility index (Phi) is 6.29. The molecule has 4 rings (SSSR count). The molecule has 3 aromatic rings. The summed E-state index contributed by atoms with van der Waals surface area (Å²) in [5.41, 5.74) is -1.04. The fraction of sp³-hybridized carbons (Fsp3) is 0.217. The van der Waals surface area contributed by atoms with E-state index in [1.54, 1.807) is 12.1 Å². The van der Waals surface area contributed by atoms with Crippen LogP contribution in [0, 0.1) is 5.82 Å². The average molecular weight is 491 g/mol. The van der Waals surface area contributed by atoms with Crippen molar-refractivity contribution in [1.29, 1.82) is 0 Å². The molecular formula is C23H17F4N3O5. The lowest BCUT2D eigenvalue weighted by Gasteiger charge is -2.39. The van der Waals surface area contributed by atoms with Crippen LogP contribution in [-0.4, -0.2) is 41.9 Å². The van der Waals surface area contributed by atoms with Crippen LogP contribution in [0.15, 0.2) is 54.9 Å². The SMILES string of the molecule is COC(=O)c1ccc(C(=O)N[C@]2(c3ccc(OC(F)(F)F)c(F)c3)CCOc3cccnc32)cn1. The third-order valence-corrected chi connectivity index (χ3v) is 5.31. The summed E-state index contributed by atoms with van der Waals surface area (Å²) in [7, 11) is 1.19. The van der Waals surface area contributed by atoms with Crippen molar-refractivity contribution in [2.45, 2.75) is 18.3 Å². The number of hydrogen-bond donors (Lipinski definition) is 1. The van der Waals surface area contributed by atoms with Gasteiger partial charge in [-0.2, -0.15) is 0 Å². The Morgan fingerprint density at radius 2 is 1.94 bits per heavy atom. The molecule has 0 saturated carbocycles. The van der Waals surface area contributed by atoms with Gasteiger partial charge in [0.05, 0.1) is 19.3 Å². The highest BCUT2D eigenvalue weighted by Gasteiger charge is 2.43. The van der Waals surface area contributed by atoms with Crippen molar-refractivity contribution in [3.63, 3.8) is 0 Å². The van der Waals surface area contributed by atoms with Crippen molar-refractivity contribution in [3.05, 3.63) is 83.2 Å². The number of aromatic nitrogens is 2. The second kappa shape index (κ2) is 9.20. The number of nitrogens with one attached hydrogen (secondary N) is 1. The molecule has 1 aliphatic heterocycles. The van der Waals surface area contributed by atoms with Crippen molar-refractivity contribution in [2.75, 3.05) is 13.7 Å². The van der Waals surface area contributed by atoms with Gasteiger partial charge in [0, 0.05) is 18.8 Å². The van der Waals surface area contributed by atoms with Crippen LogP contribution in [0.4, 0.5) is 17.6 Å². The normalized spacial score (nSPS) is 17.1. The maximum Gasteiger partial charge on any atom is 0.573 e. The first-order valence-electron chi connectivity index (χ1n) is 10.1. The zero-order valence-electron chi connectivity index (χ0n) is 18.1. The summed E-state index contributed by atoms with van der Waals surface area (Å²) < 4.78 is 66.4. The number of alkyl halides is 3. The number of pyridine rings is 2. The van der Waals surface area contributed by atoms with E-state index in [9.17, 15) is 27.2 Å². The molecular weight excluding hydrogens is 474 g/mol. The fourth-order valence-corrected chi connectivity index (χ4v) is 3.73. The molecule has 1 N–H and O–H groups in total. The van der Waals surface area contributed by atoms with Crippen molar-refractivity contribution in [3.8, 4) is 11.5 Å². The van der Waals surface area contributed by atoms with Gasteiger partial charge in [0.1, 0.15) is 22.7 Å². The standard InChI is InChI=1S/C23H17F4N3O5/c1-33-21(32)16-6-4-13(12-29-16)20(31)30-22(8-10-34-18-3-2-9-28-19(18)22)14-5-7-17(15(24)11-14)35-23(25,26)27/h2-7,9,11-12H,8,10H2,1H3,(H,30,31)/t22-/m0/s1. The molecule has 2 aromatic heterocycles. The fourth-order valence-electron chi connectivity index (χ4n) is 3.73. The Bertz CT molecular complexity index is 1270. The van der Waals surface area contributed by atoms with E-state index in [-0.39, 0.29) is 35.5 Å². The number of esters is 1. The van der Waals surface area contributed by atoms with Crippen LogP contribution in [0.3, 0.4) is 0 Å². The van der Waals surface area contributed by atoms with Gasteiger partial charge in [-0.1, -0.05) is 6.07 Å². The highest BCUT2D eigenvalue weighted by atomic mass is 19.4. The van der Waals surface area contributed by atoms with E-state index in [4.69, 9.17) is 4.74 Å². The largest absolute Gasteiger partial charge is 0.573 e. The summed E-state index contributed by atoms with van der Waals surface area (Å²) in [5.74, 6) is -3.31. The Balaban J connectivity index is 1.76. The molecule has 0 spiro atoms. The molecule has 0 aliphatic carbocycles. The number of carbonyl (C=O) groups excluding carboxylic acids is 2. The van der Waals surface area contributed by atoms with E-state index in [1.165, 1.54) is 31.5 Å². The minimum Gasteiger partial charge on any atom is -0.491 e. The van der Waals surface area contributed by atoms with Crippen LogP contribution in [0.1, 0.15) is 38.5 Å². The van der Waals surface area contributed by atoms with E-state index >= 15 is 0 Å². The van der Waals surface area contributed by atoms with Gasteiger partial charge in [-0.3, -0.25) is 9.78 Å². The van der Waals surface area contributed by atoms with Crippen LogP contribution in [0.2, 0.25) is 0 Å². The summed E-state index contributed by atoms with van der Waals surface area (Å²) in [6, 6.07) is 8.75. The molecule has 0 unspecified atom stereocenters. The molecule has 1 aromatic carbocycles. The number of halogens is 4. The van der Waals surface area contributed by atoms with Gasteiger partial charge < -0.3 is 19.5 Å². The van der Waals surface area contributed by atoms with E-state index in [0.29, 0.717) is 5.75 Å². The number of rotatable bonds is 5. The van der Waals surface area contributed by atoms with Crippen LogP contribution < -0.4 is 14.8 Å². The van der Waals surface area contributed by atoms with Crippen LogP contribution in [0.25, 0.3) is 0 Å². The van der Waals surface area contributed by atoms with E-state index in [2.05, 4.69) is 24.8 Å². The lowest BCUT2D eigenvalue weighted by Crippen LogP contribution is -2.50. The van der Waals surface area contributed by atoms with Gasteiger partial charge in [0.15, 0.2) is 11.6 Å². The lowest BCUT2D eigenvalue weighted by atomic mass is 9.81. The quantitative estimate of drug-likeness (QED) is 0.429. The van der Waals surface area contributed by atoms with Gasteiger partial charge in [-0.15, -0.1) is 13.2 Å². The molecule has 1 atom stereocenters. The summed E-state index contributed by atoms with van der Waals surface area (Å²) in [4.78, 5) is 33.0. The van der Waals surface area contributed by atoms with Crippen LogP contribution >= 0.6 is 0 Å². The number of methoxy groups -OCH3 is 1. The maximum atomic E-state index is 14.7. The second-order valence-electron chi connectivity index (χ2n) is 7.42. The van der Waals surface area contributed by atoms with Crippen molar-refractivity contribution in [1.82, 2.24) is 15.3 Å². The number of amides is 1. The van der Waals surface area contributed by atoms with Gasteiger partial charge in [-0.05, 0) is 42.0 Å². The molecule has 3 heterocycles. The third kappa shape index (κ3) is 4.86. The predicted molar refractivity (Wildman–Crippen MR) is 111 cm³/mol. The first-order chi connectivity index (χ1) is 16.6. The summed E-state index contributed by atoms with van der Waals surface area (Å²) >= 11 is 0. The second-order valence-corrected chi connectivity index (χ2v) is 7.42. The van der Waals surface area contributed by atoms with Gasteiger partial charge in [-0.25, -0.2) is 14.2 Å². The van der Waals surface area contributed by atoms with Crippen LogP contribution in [-0.2, 0) is 10.3 Å². The first kappa shape index (κ1) is 23.9. The number of nitrogens with zero attached hydrogens (tertiary/aromatic N) is 2. The van der Waals surface area contributed by atoms with E-state index < -0.39 is 35.3 Å². The predicted octanol–water partition coefficient (Wildman–Crippen LogP) is 3.76. The molecule has 35 heavy (non-hydrogen) atoms. The minimum absolute atomic E-state index is 0.0147. The Labute approximate surface area is 195 Å². The topological polar surface area (TPSA) is 99.6 Å². The lowest BCUT2D eigenvalue weighted by molar-refractivity contribution is -0.275. The smallest absolute Gasteiger partial charge is 0.491 e. The number of hydrogen-bond acceptors (Lipinski definition) is 7. The zero-order valence-corrected chi connectivity index (χ0v) is 18.1. The molecule has 1 aliphatic rings. The summed E-state index contributed by atoms with van der Waals surface area (Å²) in [6.45, 7) is 0.0981. The maximum absolute atomic E-state index is 14.7. The van der Waals surface area contributed by atoms with Gasteiger partial charge >= 0.3 is 12.3 Å². The number of ether oxygens (including phenoxy) is 3. The summed E-state index contributed by atoms with van der Waals surface area (Å²) in [5, 5.41) is 2.81. The van der Waals surface area contributed by atoms with Crippen LogP contribution in [0.5, 0.6) is 11.5 Å². The Hall–Kier alpha value is -4.22. The molecule has 8 nitrogen and oxygen atoms in total. The van der Waals surface area contributed by atoms with E-state index in [0.717, 1.165) is 18.3 Å². The molecule has 182 valence electrons. The van der Waals surface area contributed by atoms with Gasteiger partial charge in [0.25, 0.3) is 5.91 Å². The zero-order chi connectivity index (χ0) is 25.2. The summed E-state index contributed by atoms with van der Waals surface area (Å²) in [6.07, 6.45) is -2.38. The van der Waals surface area contributed by atoms with E-state index in [1.807, 2.05) is 0 Å². The molecule has 12 heteroatoms. The first-order valence-corrected chi connectivity index (χ1v) is 10.1. The highest BCUT2D eigenvalue weighted by molar-refractivity contribution is 5.96. The van der Waals surface area contributed by atoms with Crippen molar-refractivity contribution >= 4 is 11.9 Å². The molecule has 0 radical (unpaired) electrons. The average Bonchev–Trinajstić information content (AvgIpc) is 2.84. The number of benzene rings is 1. The number of fused-ring (bicyclic) bond motifs is 1. The third-order valence-electron chi connectivity index (χ3n) is 5.31. The highest BCUT2D eigenvalue weighted by Crippen LogP contribution is 2.42. The molecule has 1 amide bonds. The Morgan fingerprint density at radius 3 is 2.60 bits per heavy atom. The van der Waals surface area contributed by atoms with Crippen molar-refractivity contribution < 1.29 is 41.4 Å². The molecule has 0 bridgehead atoms.